The van der Waals surface area contributed by atoms with Crippen LogP contribution in [0.1, 0.15) is 22.0 Å². The van der Waals surface area contributed by atoms with Crippen LogP contribution in [0.25, 0.3) is 0 Å². The molecule has 18 heavy (non-hydrogen) atoms. The van der Waals surface area contributed by atoms with Gasteiger partial charge in [-0.3, -0.25) is 4.79 Å². The van der Waals surface area contributed by atoms with Crippen molar-refractivity contribution < 1.29 is 14.6 Å². The maximum atomic E-state index is 10.6. The third-order valence-electron chi connectivity index (χ3n) is 2.44. The summed E-state index contributed by atoms with van der Waals surface area (Å²) in [5.41, 5.74) is 0.887. The minimum absolute atomic E-state index is 0.145. The van der Waals surface area contributed by atoms with Crippen LogP contribution in [0.5, 0.6) is 0 Å². The topological polar surface area (TPSA) is 62.7 Å². The number of carbonyl (C=O) groups is 1. The molecule has 1 heterocycles. The molecular weight excluding hydrogens is 252 g/mol. The molecule has 6 heteroatoms. The van der Waals surface area contributed by atoms with Crippen molar-refractivity contribution in [1.29, 1.82) is 0 Å². The number of hydrogen-bond acceptors (Lipinski definition) is 5. The second kappa shape index (κ2) is 7.45. The number of likely N-dealkylation sites (N-methyl/N-ethyl adjacent to an activating group) is 1. The van der Waals surface area contributed by atoms with Crippen LogP contribution in [-0.2, 0) is 29.0 Å². The number of nitrogens with zero attached hydrogens (tertiary/aromatic N) is 2. The molecule has 0 saturated carbocycles. The number of ether oxygens (including phenoxy) is 1. The lowest BCUT2D eigenvalue weighted by Crippen LogP contribution is -2.14. The van der Waals surface area contributed by atoms with Crippen LogP contribution >= 0.6 is 11.3 Å². The Kier molecular flexibility index (Phi) is 6.24. The van der Waals surface area contributed by atoms with Crippen molar-refractivity contribution in [3.05, 3.63) is 15.6 Å². The Hall–Kier alpha value is -0.980. The lowest BCUT2D eigenvalue weighted by Gasteiger charge is -2.06. The SMILES string of the molecule is COCc1nc(CCN(C)C)sc1CCC(=O)O. The van der Waals surface area contributed by atoms with E-state index in [-0.39, 0.29) is 6.42 Å². The largest absolute Gasteiger partial charge is 0.481 e. The highest BCUT2D eigenvalue weighted by Crippen LogP contribution is 2.21. The van der Waals surface area contributed by atoms with Crippen LogP contribution < -0.4 is 0 Å². The zero-order valence-corrected chi connectivity index (χ0v) is 11.9. The first-order chi connectivity index (χ1) is 8.52. The van der Waals surface area contributed by atoms with Gasteiger partial charge in [0, 0.05) is 25.0 Å². The van der Waals surface area contributed by atoms with E-state index in [1.54, 1.807) is 18.4 Å². The van der Waals surface area contributed by atoms with Gasteiger partial charge in [-0.15, -0.1) is 11.3 Å². The van der Waals surface area contributed by atoms with E-state index < -0.39 is 5.97 Å². The molecular formula is C12H20N2O3S. The molecule has 102 valence electrons. The minimum atomic E-state index is -0.776. The molecule has 0 saturated heterocycles. The van der Waals surface area contributed by atoms with Crippen molar-refractivity contribution >= 4 is 17.3 Å². The summed E-state index contributed by atoms with van der Waals surface area (Å²) in [6, 6.07) is 0. The summed E-state index contributed by atoms with van der Waals surface area (Å²) in [7, 11) is 5.67. The Morgan fingerprint density at radius 3 is 2.72 bits per heavy atom. The third-order valence-corrected chi connectivity index (χ3v) is 3.66. The molecule has 1 rings (SSSR count). The molecule has 0 radical (unpaired) electrons. The lowest BCUT2D eigenvalue weighted by molar-refractivity contribution is -0.136. The van der Waals surface area contributed by atoms with Crippen molar-refractivity contribution in [3.63, 3.8) is 0 Å². The first-order valence-corrected chi connectivity index (χ1v) is 6.67. The van der Waals surface area contributed by atoms with Gasteiger partial charge in [0.15, 0.2) is 0 Å². The summed E-state index contributed by atoms with van der Waals surface area (Å²) >= 11 is 1.60. The number of carboxylic acid groups (broad SMARTS) is 1. The van der Waals surface area contributed by atoms with Gasteiger partial charge >= 0.3 is 5.97 Å². The van der Waals surface area contributed by atoms with Crippen molar-refractivity contribution in [2.45, 2.75) is 25.9 Å². The van der Waals surface area contributed by atoms with E-state index in [1.165, 1.54) is 0 Å². The molecule has 1 aromatic rings. The third kappa shape index (κ3) is 5.12. The summed E-state index contributed by atoms with van der Waals surface area (Å²) in [6.07, 6.45) is 1.57. The molecule has 1 aromatic heterocycles. The number of aliphatic carboxylic acids is 1. The first kappa shape index (κ1) is 15.1. The molecule has 0 unspecified atom stereocenters. The van der Waals surface area contributed by atoms with Gasteiger partial charge in [0.25, 0.3) is 0 Å². The summed E-state index contributed by atoms with van der Waals surface area (Å²) in [5.74, 6) is -0.776. The van der Waals surface area contributed by atoms with E-state index >= 15 is 0 Å². The fourth-order valence-corrected chi connectivity index (χ4v) is 2.59. The standard InChI is InChI=1S/C12H20N2O3S/c1-14(2)7-6-11-13-9(8-17-3)10(18-11)4-5-12(15)16/h4-8H2,1-3H3,(H,15,16). The smallest absolute Gasteiger partial charge is 0.303 e. The lowest BCUT2D eigenvalue weighted by atomic mass is 10.2. The molecule has 0 fully saturated rings. The van der Waals surface area contributed by atoms with Crippen molar-refractivity contribution in [2.75, 3.05) is 27.7 Å². The minimum Gasteiger partial charge on any atom is -0.481 e. The van der Waals surface area contributed by atoms with Crippen LogP contribution in [-0.4, -0.2) is 48.7 Å². The monoisotopic (exact) mass is 272 g/mol. The molecule has 0 aliphatic heterocycles. The highest BCUT2D eigenvalue weighted by Gasteiger charge is 2.12. The van der Waals surface area contributed by atoms with E-state index in [9.17, 15) is 4.79 Å². The number of methoxy groups -OCH3 is 1. The zero-order chi connectivity index (χ0) is 13.5. The molecule has 0 atom stereocenters. The van der Waals surface area contributed by atoms with E-state index in [0.717, 1.165) is 28.5 Å². The van der Waals surface area contributed by atoms with Crippen molar-refractivity contribution in [2.24, 2.45) is 0 Å². The van der Waals surface area contributed by atoms with Crippen molar-refractivity contribution in [1.82, 2.24) is 9.88 Å². The fraction of sp³-hybridized carbons (Fsp3) is 0.667. The summed E-state index contributed by atoms with van der Waals surface area (Å²) in [6.45, 7) is 1.39. The molecule has 0 aromatic carbocycles. The van der Waals surface area contributed by atoms with Gasteiger partial charge in [-0.1, -0.05) is 0 Å². The van der Waals surface area contributed by atoms with Crippen LogP contribution in [0.3, 0.4) is 0 Å². The van der Waals surface area contributed by atoms with Gasteiger partial charge in [0.2, 0.25) is 0 Å². The molecule has 0 aliphatic carbocycles. The Bertz CT molecular complexity index is 391. The van der Waals surface area contributed by atoms with Gasteiger partial charge in [-0.25, -0.2) is 4.98 Å². The van der Waals surface area contributed by atoms with E-state index in [1.807, 2.05) is 14.1 Å². The zero-order valence-electron chi connectivity index (χ0n) is 11.1. The molecule has 0 amide bonds. The molecule has 0 bridgehead atoms. The molecule has 0 aliphatic rings. The van der Waals surface area contributed by atoms with Gasteiger partial charge in [0.1, 0.15) is 0 Å². The molecule has 5 nitrogen and oxygen atoms in total. The molecule has 0 spiro atoms. The van der Waals surface area contributed by atoms with Crippen LogP contribution in [0, 0.1) is 0 Å². The summed E-state index contributed by atoms with van der Waals surface area (Å²) < 4.78 is 5.10. The number of aryl methyl sites for hydroxylation is 1. The quantitative estimate of drug-likeness (QED) is 0.775. The van der Waals surface area contributed by atoms with E-state index in [0.29, 0.717) is 13.0 Å². The Labute approximate surface area is 111 Å². The maximum Gasteiger partial charge on any atom is 0.303 e. The number of thiazole rings is 1. The Morgan fingerprint density at radius 1 is 1.44 bits per heavy atom. The summed E-state index contributed by atoms with van der Waals surface area (Å²) in [5, 5.41) is 9.78. The van der Waals surface area contributed by atoms with Gasteiger partial charge in [-0.05, 0) is 20.5 Å². The van der Waals surface area contributed by atoms with Gasteiger partial charge in [0.05, 0.1) is 23.7 Å². The molecule has 1 N–H and O–H groups in total. The second-order valence-electron chi connectivity index (χ2n) is 4.36. The first-order valence-electron chi connectivity index (χ1n) is 5.85. The predicted molar refractivity (Wildman–Crippen MR) is 71.0 cm³/mol. The highest BCUT2D eigenvalue weighted by molar-refractivity contribution is 7.11. The highest BCUT2D eigenvalue weighted by atomic mass is 32.1. The van der Waals surface area contributed by atoms with Gasteiger partial charge in [-0.2, -0.15) is 0 Å². The van der Waals surface area contributed by atoms with Crippen LogP contribution in [0.15, 0.2) is 0 Å². The summed E-state index contributed by atoms with van der Waals surface area (Å²) in [4.78, 5) is 18.3. The van der Waals surface area contributed by atoms with E-state index in [4.69, 9.17) is 9.84 Å². The van der Waals surface area contributed by atoms with Crippen LogP contribution in [0.4, 0.5) is 0 Å². The van der Waals surface area contributed by atoms with E-state index in [2.05, 4.69) is 9.88 Å². The second-order valence-corrected chi connectivity index (χ2v) is 5.53. The average Bonchev–Trinajstić information content (AvgIpc) is 2.67. The van der Waals surface area contributed by atoms with Crippen molar-refractivity contribution in [3.8, 4) is 0 Å². The Morgan fingerprint density at radius 2 is 2.17 bits per heavy atom. The number of aromatic nitrogens is 1. The average molecular weight is 272 g/mol. The number of hydrogen-bond donors (Lipinski definition) is 1. The predicted octanol–water partition coefficient (Wildman–Crippen LogP) is 1.41. The van der Waals surface area contributed by atoms with Crippen LogP contribution in [0.2, 0.25) is 0 Å². The normalized spacial score (nSPS) is 11.1. The maximum absolute atomic E-state index is 10.6. The fourth-order valence-electron chi connectivity index (χ4n) is 1.53. The number of rotatable bonds is 8. The van der Waals surface area contributed by atoms with Gasteiger partial charge < -0.3 is 14.7 Å². The Balaban J connectivity index is 2.69. The number of carboxylic acids is 1.